The maximum atomic E-state index is 10.4. The summed E-state index contributed by atoms with van der Waals surface area (Å²) in [6.07, 6.45) is 2.24. The Kier molecular flexibility index (Phi) is 2.96. The summed E-state index contributed by atoms with van der Waals surface area (Å²) >= 11 is 0. The van der Waals surface area contributed by atoms with Gasteiger partial charge >= 0.3 is 0 Å². The Bertz CT molecular complexity index is 474. The Morgan fingerprint density at radius 2 is 1.75 bits per heavy atom. The SMILES string of the molecule is Cc1ccc(Oc2ccc(C=O)nc2)cc1. The lowest BCUT2D eigenvalue weighted by molar-refractivity contribution is 0.111. The summed E-state index contributed by atoms with van der Waals surface area (Å²) in [6, 6.07) is 11.1. The normalized spacial score (nSPS) is 9.81. The van der Waals surface area contributed by atoms with E-state index < -0.39 is 0 Å². The molecule has 2 rings (SSSR count). The molecule has 1 heterocycles. The van der Waals surface area contributed by atoms with Crippen LogP contribution in [0, 0.1) is 6.92 Å². The lowest BCUT2D eigenvalue weighted by Crippen LogP contribution is -1.88. The number of aromatic nitrogens is 1. The van der Waals surface area contributed by atoms with E-state index in [1.807, 2.05) is 31.2 Å². The van der Waals surface area contributed by atoms with Crippen LogP contribution in [-0.2, 0) is 0 Å². The molecule has 2 aromatic rings. The number of benzene rings is 1. The van der Waals surface area contributed by atoms with Crippen molar-refractivity contribution < 1.29 is 9.53 Å². The van der Waals surface area contributed by atoms with E-state index in [0.29, 0.717) is 17.7 Å². The highest BCUT2D eigenvalue weighted by Gasteiger charge is 1.97. The van der Waals surface area contributed by atoms with Gasteiger partial charge < -0.3 is 4.74 Å². The van der Waals surface area contributed by atoms with Crippen LogP contribution in [0.15, 0.2) is 42.6 Å². The van der Waals surface area contributed by atoms with Crippen LogP contribution in [0.2, 0.25) is 0 Å². The first-order chi connectivity index (χ1) is 7.78. The zero-order valence-corrected chi connectivity index (χ0v) is 8.88. The van der Waals surface area contributed by atoms with Gasteiger partial charge in [-0.1, -0.05) is 17.7 Å². The summed E-state index contributed by atoms with van der Waals surface area (Å²) in [5, 5.41) is 0. The van der Waals surface area contributed by atoms with Crippen molar-refractivity contribution in [2.24, 2.45) is 0 Å². The number of carbonyl (C=O) groups is 1. The molecular formula is C13H11NO2. The smallest absolute Gasteiger partial charge is 0.168 e. The topological polar surface area (TPSA) is 39.2 Å². The second kappa shape index (κ2) is 4.57. The molecule has 16 heavy (non-hydrogen) atoms. The largest absolute Gasteiger partial charge is 0.456 e. The van der Waals surface area contributed by atoms with Gasteiger partial charge in [0, 0.05) is 0 Å². The number of ether oxygens (including phenoxy) is 1. The molecule has 0 saturated heterocycles. The maximum absolute atomic E-state index is 10.4. The third-order valence-electron chi connectivity index (χ3n) is 2.14. The third kappa shape index (κ3) is 2.45. The highest BCUT2D eigenvalue weighted by atomic mass is 16.5. The molecule has 0 aliphatic heterocycles. The molecule has 3 nitrogen and oxygen atoms in total. The van der Waals surface area contributed by atoms with Crippen LogP contribution in [0.25, 0.3) is 0 Å². The lowest BCUT2D eigenvalue weighted by Gasteiger charge is -2.05. The Morgan fingerprint density at radius 1 is 1.06 bits per heavy atom. The number of aryl methyl sites for hydroxylation is 1. The van der Waals surface area contributed by atoms with Gasteiger partial charge in [0.05, 0.1) is 6.20 Å². The molecule has 0 radical (unpaired) electrons. The van der Waals surface area contributed by atoms with Crippen LogP contribution in [-0.4, -0.2) is 11.3 Å². The summed E-state index contributed by atoms with van der Waals surface area (Å²) < 4.78 is 5.55. The molecule has 80 valence electrons. The minimum absolute atomic E-state index is 0.399. The number of pyridine rings is 1. The van der Waals surface area contributed by atoms with Crippen LogP contribution in [0.5, 0.6) is 11.5 Å². The molecule has 0 bridgehead atoms. The quantitative estimate of drug-likeness (QED) is 0.736. The monoisotopic (exact) mass is 213 g/mol. The van der Waals surface area contributed by atoms with Gasteiger partial charge in [-0.3, -0.25) is 4.79 Å². The van der Waals surface area contributed by atoms with Crippen molar-refractivity contribution in [3.63, 3.8) is 0 Å². The minimum Gasteiger partial charge on any atom is -0.456 e. The van der Waals surface area contributed by atoms with Gasteiger partial charge in [-0.05, 0) is 31.2 Å². The molecular weight excluding hydrogens is 202 g/mol. The van der Waals surface area contributed by atoms with E-state index in [1.165, 1.54) is 11.8 Å². The highest BCUT2D eigenvalue weighted by Crippen LogP contribution is 2.20. The molecule has 0 spiro atoms. The summed E-state index contributed by atoms with van der Waals surface area (Å²) in [5.74, 6) is 1.38. The molecule has 0 unspecified atom stereocenters. The van der Waals surface area contributed by atoms with Crippen molar-refractivity contribution in [1.82, 2.24) is 4.98 Å². The zero-order chi connectivity index (χ0) is 11.4. The molecule has 0 amide bonds. The molecule has 1 aromatic carbocycles. The molecule has 0 aliphatic carbocycles. The Labute approximate surface area is 93.7 Å². The van der Waals surface area contributed by atoms with Crippen molar-refractivity contribution in [1.29, 1.82) is 0 Å². The molecule has 0 N–H and O–H groups in total. The second-order valence-corrected chi connectivity index (χ2v) is 3.45. The van der Waals surface area contributed by atoms with E-state index in [4.69, 9.17) is 4.74 Å². The fraction of sp³-hybridized carbons (Fsp3) is 0.0769. The van der Waals surface area contributed by atoms with Gasteiger partial charge in [-0.2, -0.15) is 0 Å². The first-order valence-corrected chi connectivity index (χ1v) is 4.94. The fourth-order valence-corrected chi connectivity index (χ4v) is 1.26. The fourth-order valence-electron chi connectivity index (χ4n) is 1.26. The van der Waals surface area contributed by atoms with E-state index in [2.05, 4.69) is 4.98 Å². The van der Waals surface area contributed by atoms with Gasteiger partial charge in [-0.15, -0.1) is 0 Å². The Balaban J connectivity index is 2.14. The van der Waals surface area contributed by atoms with Crippen molar-refractivity contribution in [2.45, 2.75) is 6.92 Å². The molecule has 0 saturated carbocycles. The average Bonchev–Trinajstić information content (AvgIpc) is 2.33. The number of hydrogen-bond donors (Lipinski definition) is 0. The number of rotatable bonds is 3. The van der Waals surface area contributed by atoms with Crippen LogP contribution in [0.4, 0.5) is 0 Å². The first kappa shape index (κ1) is 10.4. The van der Waals surface area contributed by atoms with Gasteiger partial charge in [-0.25, -0.2) is 4.98 Å². The highest BCUT2D eigenvalue weighted by molar-refractivity contribution is 5.71. The van der Waals surface area contributed by atoms with Crippen molar-refractivity contribution in [3.8, 4) is 11.5 Å². The lowest BCUT2D eigenvalue weighted by atomic mass is 10.2. The van der Waals surface area contributed by atoms with Gasteiger partial charge in [0.15, 0.2) is 6.29 Å². The van der Waals surface area contributed by atoms with E-state index in [0.717, 1.165) is 5.75 Å². The number of hydrogen-bond acceptors (Lipinski definition) is 3. The van der Waals surface area contributed by atoms with Crippen molar-refractivity contribution in [3.05, 3.63) is 53.9 Å². The first-order valence-electron chi connectivity index (χ1n) is 4.94. The van der Waals surface area contributed by atoms with Gasteiger partial charge in [0.1, 0.15) is 17.2 Å². The van der Waals surface area contributed by atoms with Crippen molar-refractivity contribution >= 4 is 6.29 Å². The number of carbonyl (C=O) groups excluding carboxylic acids is 1. The van der Waals surface area contributed by atoms with Crippen LogP contribution < -0.4 is 4.74 Å². The molecule has 0 aliphatic rings. The summed E-state index contributed by atoms with van der Waals surface area (Å²) in [7, 11) is 0. The van der Waals surface area contributed by atoms with E-state index >= 15 is 0 Å². The predicted molar refractivity (Wildman–Crippen MR) is 60.9 cm³/mol. The van der Waals surface area contributed by atoms with Crippen molar-refractivity contribution in [2.75, 3.05) is 0 Å². The summed E-state index contributed by atoms with van der Waals surface area (Å²) in [6.45, 7) is 2.02. The standard InChI is InChI=1S/C13H11NO2/c1-10-2-5-12(6-3-10)16-13-7-4-11(9-15)14-8-13/h2-9H,1H3. The average molecular weight is 213 g/mol. The van der Waals surface area contributed by atoms with E-state index in [-0.39, 0.29) is 0 Å². The molecule has 0 fully saturated rings. The second-order valence-electron chi connectivity index (χ2n) is 3.45. The minimum atomic E-state index is 0.399. The molecule has 0 atom stereocenters. The number of nitrogens with zero attached hydrogens (tertiary/aromatic N) is 1. The van der Waals surface area contributed by atoms with Crippen LogP contribution in [0.3, 0.4) is 0 Å². The third-order valence-corrected chi connectivity index (χ3v) is 2.14. The number of aldehydes is 1. The van der Waals surface area contributed by atoms with E-state index in [9.17, 15) is 4.79 Å². The predicted octanol–water partition coefficient (Wildman–Crippen LogP) is 2.99. The van der Waals surface area contributed by atoms with Gasteiger partial charge in [0.25, 0.3) is 0 Å². The molecule has 1 aromatic heterocycles. The summed E-state index contributed by atoms with van der Waals surface area (Å²) in [5.41, 5.74) is 1.58. The van der Waals surface area contributed by atoms with Crippen LogP contribution in [0.1, 0.15) is 16.1 Å². The summed E-state index contributed by atoms with van der Waals surface area (Å²) in [4.78, 5) is 14.3. The molecule has 3 heteroatoms. The Morgan fingerprint density at radius 3 is 2.31 bits per heavy atom. The van der Waals surface area contributed by atoms with Gasteiger partial charge in [0.2, 0.25) is 0 Å². The van der Waals surface area contributed by atoms with E-state index in [1.54, 1.807) is 12.1 Å². The maximum Gasteiger partial charge on any atom is 0.168 e. The van der Waals surface area contributed by atoms with Crippen LogP contribution >= 0.6 is 0 Å². The Hall–Kier alpha value is -2.16. The zero-order valence-electron chi connectivity index (χ0n) is 8.88.